The topological polar surface area (TPSA) is 70.2 Å². The summed E-state index contributed by atoms with van der Waals surface area (Å²) >= 11 is 0. The van der Waals surface area contributed by atoms with E-state index in [1.165, 1.54) is 0 Å². The van der Waals surface area contributed by atoms with Crippen LogP contribution in [0.1, 0.15) is 35.3 Å². The lowest BCUT2D eigenvalue weighted by Gasteiger charge is -2.14. The fourth-order valence-corrected chi connectivity index (χ4v) is 2.44. The summed E-state index contributed by atoms with van der Waals surface area (Å²) in [5.74, 6) is -0.279. The molecule has 3 N–H and O–H groups in total. The lowest BCUT2D eigenvalue weighted by Crippen LogP contribution is -2.32. The Bertz CT molecular complexity index is 741. The molecule has 0 aliphatic carbocycles. The molecule has 132 valence electrons. The highest BCUT2D eigenvalue weighted by Gasteiger charge is 2.12. The molecule has 0 spiro atoms. The molecule has 0 radical (unpaired) electrons. The van der Waals surface area contributed by atoms with Gasteiger partial charge in [0.15, 0.2) is 0 Å². The van der Waals surface area contributed by atoms with Crippen LogP contribution in [0.5, 0.6) is 0 Å². The summed E-state index contributed by atoms with van der Waals surface area (Å²) in [4.78, 5) is 24.3. The molecular formula is C20H25N3O2. The van der Waals surface area contributed by atoms with E-state index in [2.05, 4.69) is 16.0 Å². The first-order chi connectivity index (χ1) is 12.0. The molecule has 0 aliphatic rings. The number of carbonyl (C=O) groups is 2. The second-order valence-corrected chi connectivity index (χ2v) is 6.29. The van der Waals surface area contributed by atoms with Gasteiger partial charge in [0.05, 0.1) is 12.1 Å². The molecule has 0 atom stereocenters. The highest BCUT2D eigenvalue weighted by molar-refractivity contribution is 6.00. The molecule has 5 nitrogen and oxygen atoms in total. The van der Waals surface area contributed by atoms with Crippen LogP contribution in [0, 0.1) is 6.92 Å². The molecule has 2 rings (SSSR count). The Kier molecular flexibility index (Phi) is 6.57. The van der Waals surface area contributed by atoms with Crippen molar-refractivity contribution in [3.8, 4) is 0 Å². The first-order valence-electron chi connectivity index (χ1n) is 8.41. The molecule has 0 unspecified atom stereocenters. The number of anilines is 1. The van der Waals surface area contributed by atoms with Gasteiger partial charge in [0.25, 0.3) is 5.91 Å². The van der Waals surface area contributed by atoms with Gasteiger partial charge in [-0.25, -0.2) is 0 Å². The van der Waals surface area contributed by atoms with Crippen LogP contribution in [0.25, 0.3) is 0 Å². The molecule has 0 saturated carbocycles. The smallest absolute Gasteiger partial charge is 0.253 e. The Morgan fingerprint density at radius 2 is 1.80 bits per heavy atom. The van der Waals surface area contributed by atoms with Gasteiger partial charge in [-0.05, 0) is 38.5 Å². The maximum absolute atomic E-state index is 12.2. The largest absolute Gasteiger partial charge is 0.376 e. The Morgan fingerprint density at radius 3 is 2.52 bits per heavy atom. The van der Waals surface area contributed by atoms with E-state index in [0.29, 0.717) is 17.8 Å². The minimum Gasteiger partial charge on any atom is -0.376 e. The molecule has 5 heteroatoms. The van der Waals surface area contributed by atoms with Crippen molar-refractivity contribution >= 4 is 17.5 Å². The number of hydrogen-bond donors (Lipinski definition) is 3. The highest BCUT2D eigenvalue weighted by atomic mass is 16.2. The Morgan fingerprint density at radius 1 is 1.04 bits per heavy atom. The van der Waals surface area contributed by atoms with Crippen LogP contribution in [0.3, 0.4) is 0 Å². The molecule has 0 heterocycles. The summed E-state index contributed by atoms with van der Waals surface area (Å²) in [6, 6.07) is 15.2. The molecule has 0 fully saturated rings. The van der Waals surface area contributed by atoms with Crippen LogP contribution in [0.15, 0.2) is 48.5 Å². The zero-order chi connectivity index (χ0) is 18.2. The third kappa shape index (κ3) is 5.95. The van der Waals surface area contributed by atoms with E-state index in [1.807, 2.05) is 51.1 Å². The summed E-state index contributed by atoms with van der Waals surface area (Å²) in [5.41, 5.74) is 3.40. The summed E-state index contributed by atoms with van der Waals surface area (Å²) in [7, 11) is 0. The minimum absolute atomic E-state index is 0.0539. The van der Waals surface area contributed by atoms with E-state index in [9.17, 15) is 9.59 Å². The number of carbonyl (C=O) groups excluding carboxylic acids is 2. The summed E-state index contributed by atoms with van der Waals surface area (Å²) in [5, 5.41) is 8.78. The van der Waals surface area contributed by atoms with Gasteiger partial charge in [0.2, 0.25) is 5.91 Å². The summed E-state index contributed by atoms with van der Waals surface area (Å²) in [6.45, 7) is 6.43. The monoisotopic (exact) mass is 339 g/mol. The van der Waals surface area contributed by atoms with Crippen LogP contribution >= 0.6 is 0 Å². The average molecular weight is 339 g/mol. The van der Waals surface area contributed by atoms with Crippen molar-refractivity contribution in [3.63, 3.8) is 0 Å². The van der Waals surface area contributed by atoms with E-state index in [4.69, 9.17) is 0 Å². The standard InChI is InChI=1S/C20H25N3O2/c1-14(2)23-20(25)17-9-4-5-10-18(17)21-13-19(24)22-12-16-8-6-7-15(3)11-16/h4-11,14,21H,12-13H2,1-3H3,(H,22,24)(H,23,25). The molecule has 0 saturated heterocycles. The van der Waals surface area contributed by atoms with Crippen molar-refractivity contribution < 1.29 is 9.59 Å². The van der Waals surface area contributed by atoms with Gasteiger partial charge in [-0.3, -0.25) is 9.59 Å². The molecule has 2 aromatic carbocycles. The SMILES string of the molecule is Cc1cccc(CNC(=O)CNc2ccccc2C(=O)NC(C)C)c1. The van der Waals surface area contributed by atoms with Crippen molar-refractivity contribution in [1.29, 1.82) is 0 Å². The molecule has 2 amide bonds. The minimum atomic E-state index is -0.154. The van der Waals surface area contributed by atoms with E-state index in [1.54, 1.807) is 18.2 Å². The predicted molar refractivity (Wildman–Crippen MR) is 101 cm³/mol. The van der Waals surface area contributed by atoms with Gasteiger partial charge < -0.3 is 16.0 Å². The number of rotatable bonds is 7. The number of hydrogen-bond acceptors (Lipinski definition) is 3. The highest BCUT2D eigenvalue weighted by Crippen LogP contribution is 2.14. The second kappa shape index (κ2) is 8.87. The fourth-order valence-electron chi connectivity index (χ4n) is 2.44. The Hall–Kier alpha value is -2.82. The van der Waals surface area contributed by atoms with Crippen molar-refractivity contribution in [2.24, 2.45) is 0 Å². The number of amides is 2. The average Bonchev–Trinajstić information content (AvgIpc) is 2.58. The number of nitrogens with one attached hydrogen (secondary N) is 3. The van der Waals surface area contributed by atoms with E-state index in [0.717, 1.165) is 11.1 Å². The zero-order valence-corrected chi connectivity index (χ0v) is 14.9. The first kappa shape index (κ1) is 18.5. The van der Waals surface area contributed by atoms with Gasteiger partial charge >= 0.3 is 0 Å². The normalized spacial score (nSPS) is 10.4. The van der Waals surface area contributed by atoms with Crippen molar-refractivity contribution in [3.05, 3.63) is 65.2 Å². The van der Waals surface area contributed by atoms with Crippen LogP contribution < -0.4 is 16.0 Å². The fraction of sp³-hybridized carbons (Fsp3) is 0.300. The quantitative estimate of drug-likeness (QED) is 0.726. The van der Waals surface area contributed by atoms with Crippen LogP contribution in [-0.4, -0.2) is 24.4 Å². The van der Waals surface area contributed by atoms with E-state index in [-0.39, 0.29) is 24.4 Å². The number of aryl methyl sites for hydroxylation is 1. The molecule has 0 bridgehead atoms. The van der Waals surface area contributed by atoms with Gasteiger partial charge in [0, 0.05) is 18.3 Å². The molecule has 0 aliphatic heterocycles. The first-order valence-corrected chi connectivity index (χ1v) is 8.41. The van der Waals surface area contributed by atoms with Crippen molar-refractivity contribution in [1.82, 2.24) is 10.6 Å². The van der Waals surface area contributed by atoms with E-state index >= 15 is 0 Å². The molecule has 2 aromatic rings. The van der Waals surface area contributed by atoms with Gasteiger partial charge in [0.1, 0.15) is 0 Å². The van der Waals surface area contributed by atoms with Crippen LogP contribution in [-0.2, 0) is 11.3 Å². The van der Waals surface area contributed by atoms with Crippen LogP contribution in [0.4, 0.5) is 5.69 Å². The Labute approximate surface area is 148 Å². The second-order valence-electron chi connectivity index (χ2n) is 6.29. The van der Waals surface area contributed by atoms with Gasteiger partial charge in [-0.15, -0.1) is 0 Å². The lowest BCUT2D eigenvalue weighted by molar-refractivity contribution is -0.119. The third-order valence-corrected chi connectivity index (χ3v) is 3.60. The zero-order valence-electron chi connectivity index (χ0n) is 14.9. The maximum Gasteiger partial charge on any atom is 0.253 e. The third-order valence-electron chi connectivity index (χ3n) is 3.60. The molecule has 0 aromatic heterocycles. The lowest BCUT2D eigenvalue weighted by atomic mass is 10.1. The van der Waals surface area contributed by atoms with Gasteiger partial charge in [-0.1, -0.05) is 42.0 Å². The van der Waals surface area contributed by atoms with Crippen LogP contribution in [0.2, 0.25) is 0 Å². The predicted octanol–water partition coefficient (Wildman–Crippen LogP) is 2.86. The summed E-state index contributed by atoms with van der Waals surface area (Å²) < 4.78 is 0. The number of para-hydroxylation sites is 1. The maximum atomic E-state index is 12.2. The van der Waals surface area contributed by atoms with Gasteiger partial charge in [-0.2, -0.15) is 0 Å². The van der Waals surface area contributed by atoms with Crippen molar-refractivity contribution in [2.45, 2.75) is 33.4 Å². The van der Waals surface area contributed by atoms with E-state index < -0.39 is 0 Å². The summed E-state index contributed by atoms with van der Waals surface area (Å²) in [6.07, 6.45) is 0. The molecule has 25 heavy (non-hydrogen) atoms. The molecular weight excluding hydrogens is 314 g/mol. The van der Waals surface area contributed by atoms with Crippen molar-refractivity contribution in [2.75, 3.05) is 11.9 Å². The number of benzene rings is 2. The Balaban J connectivity index is 1.90.